The first-order chi connectivity index (χ1) is 5.77. The van der Waals surface area contributed by atoms with Crippen LogP contribution < -0.4 is 4.74 Å². The molecule has 0 saturated carbocycles. The molecule has 60 valence electrons. The van der Waals surface area contributed by atoms with Gasteiger partial charge >= 0.3 is 0 Å². The fraction of sp³-hybridized carbons (Fsp3) is 0. The summed E-state index contributed by atoms with van der Waals surface area (Å²) in [6.45, 7) is 0. The number of hydrogen-bond acceptors (Lipinski definition) is 3. The molecule has 0 fully saturated rings. The van der Waals surface area contributed by atoms with Crippen LogP contribution in [0.5, 0.6) is 0 Å². The van der Waals surface area contributed by atoms with Crippen LogP contribution in [-0.4, -0.2) is 4.98 Å². The van der Waals surface area contributed by atoms with Gasteiger partial charge in [-0.2, -0.15) is 0 Å². The third-order valence-electron chi connectivity index (χ3n) is 1.57. The van der Waals surface area contributed by atoms with Crippen molar-refractivity contribution in [3.05, 3.63) is 37.8 Å². The molecular formula is C8H5NOS2. The predicted molar refractivity (Wildman–Crippen MR) is 53.3 cm³/mol. The van der Waals surface area contributed by atoms with E-state index in [1.807, 2.05) is 18.2 Å². The van der Waals surface area contributed by atoms with E-state index in [1.54, 1.807) is 6.07 Å². The molecule has 2 aromatic rings. The first-order valence-corrected chi connectivity index (χ1v) is 4.62. The van der Waals surface area contributed by atoms with Crippen molar-refractivity contribution in [1.82, 2.24) is 4.98 Å². The normalized spacial score (nSPS) is 10.3. The van der Waals surface area contributed by atoms with E-state index in [0.29, 0.717) is 9.34 Å². The molecule has 0 unspecified atom stereocenters. The van der Waals surface area contributed by atoms with Gasteiger partial charge in [0.25, 0.3) is 0 Å². The van der Waals surface area contributed by atoms with Crippen molar-refractivity contribution in [2.45, 2.75) is 0 Å². The SMILES string of the molecule is O=c1sc(=S)[nH]c2ccccc12. The molecule has 0 spiro atoms. The highest BCUT2D eigenvalue weighted by Gasteiger charge is 1.96. The molecule has 1 aromatic carbocycles. The van der Waals surface area contributed by atoms with Gasteiger partial charge in [-0.1, -0.05) is 23.5 Å². The van der Waals surface area contributed by atoms with Crippen molar-refractivity contribution in [3.8, 4) is 0 Å². The van der Waals surface area contributed by atoms with Gasteiger partial charge in [0.2, 0.25) is 4.74 Å². The van der Waals surface area contributed by atoms with Gasteiger partial charge in [0.05, 0.1) is 10.9 Å². The zero-order valence-electron chi connectivity index (χ0n) is 6.03. The Morgan fingerprint density at radius 1 is 1.33 bits per heavy atom. The van der Waals surface area contributed by atoms with Gasteiger partial charge in [-0.25, -0.2) is 0 Å². The van der Waals surface area contributed by atoms with Crippen molar-refractivity contribution < 1.29 is 0 Å². The third kappa shape index (κ3) is 1.19. The standard InChI is InChI=1S/C8H5NOS2/c10-7-5-3-1-2-4-6(5)9-8(11)12-7/h1-4H,(H,9,11). The number of nitrogens with one attached hydrogen (secondary N) is 1. The molecule has 0 bridgehead atoms. The van der Waals surface area contributed by atoms with Gasteiger partial charge < -0.3 is 4.98 Å². The molecule has 0 saturated heterocycles. The highest BCUT2D eigenvalue weighted by Crippen LogP contribution is 2.07. The third-order valence-corrected chi connectivity index (χ3v) is 2.61. The van der Waals surface area contributed by atoms with Crippen LogP contribution in [0.2, 0.25) is 0 Å². The maximum atomic E-state index is 11.3. The molecule has 0 aliphatic rings. The Hall–Kier alpha value is -1.00. The Morgan fingerprint density at radius 2 is 2.08 bits per heavy atom. The quantitative estimate of drug-likeness (QED) is 0.654. The van der Waals surface area contributed by atoms with Crippen LogP contribution in [0.3, 0.4) is 0 Å². The summed E-state index contributed by atoms with van der Waals surface area (Å²) in [4.78, 5) is 14.3. The number of rotatable bonds is 0. The molecule has 2 rings (SSSR count). The fourth-order valence-electron chi connectivity index (χ4n) is 1.04. The first kappa shape index (κ1) is 7.64. The van der Waals surface area contributed by atoms with E-state index in [2.05, 4.69) is 4.98 Å². The monoisotopic (exact) mass is 195 g/mol. The van der Waals surface area contributed by atoms with Crippen LogP contribution in [0.15, 0.2) is 29.1 Å². The summed E-state index contributed by atoms with van der Waals surface area (Å²) in [5, 5.41) is 0.705. The predicted octanol–water partition coefficient (Wildman–Crippen LogP) is 2.32. The summed E-state index contributed by atoms with van der Waals surface area (Å²) in [7, 11) is 0. The summed E-state index contributed by atoms with van der Waals surface area (Å²) in [6, 6.07) is 7.35. The molecule has 12 heavy (non-hydrogen) atoms. The number of H-pyrrole nitrogens is 1. The Morgan fingerprint density at radius 3 is 2.92 bits per heavy atom. The topological polar surface area (TPSA) is 32.9 Å². The van der Waals surface area contributed by atoms with E-state index < -0.39 is 0 Å². The molecule has 0 atom stereocenters. The summed E-state index contributed by atoms with van der Waals surface area (Å²) in [5.41, 5.74) is 0.811. The van der Waals surface area contributed by atoms with Crippen LogP contribution in [0, 0.1) is 3.95 Å². The Kier molecular flexibility index (Phi) is 1.78. The molecular weight excluding hydrogens is 190 g/mol. The summed E-state index contributed by atoms with van der Waals surface area (Å²) >= 11 is 5.96. The van der Waals surface area contributed by atoms with Gasteiger partial charge in [0, 0.05) is 0 Å². The van der Waals surface area contributed by atoms with Crippen molar-refractivity contribution in [1.29, 1.82) is 0 Å². The average molecular weight is 195 g/mol. The minimum atomic E-state index is 0.0225. The zero-order valence-corrected chi connectivity index (χ0v) is 7.67. The van der Waals surface area contributed by atoms with Gasteiger partial charge in [-0.15, -0.1) is 0 Å². The van der Waals surface area contributed by atoms with Gasteiger partial charge in [-0.05, 0) is 24.4 Å². The van der Waals surface area contributed by atoms with E-state index in [9.17, 15) is 4.79 Å². The minimum absolute atomic E-state index is 0.0225. The van der Waals surface area contributed by atoms with E-state index in [1.165, 1.54) is 0 Å². The molecule has 1 heterocycles. The summed E-state index contributed by atoms with van der Waals surface area (Å²) < 4.78 is 0.549. The van der Waals surface area contributed by atoms with Crippen molar-refractivity contribution >= 4 is 34.5 Å². The minimum Gasteiger partial charge on any atom is -0.337 e. The van der Waals surface area contributed by atoms with Gasteiger partial charge in [0.15, 0.2) is 3.95 Å². The molecule has 4 heteroatoms. The Labute approximate surface area is 77.5 Å². The maximum Gasteiger partial charge on any atom is 0.244 e. The molecule has 0 aliphatic carbocycles. The number of para-hydroxylation sites is 1. The van der Waals surface area contributed by atoms with Crippen LogP contribution >= 0.6 is 23.6 Å². The van der Waals surface area contributed by atoms with Crippen LogP contribution in [0.1, 0.15) is 0 Å². The lowest BCUT2D eigenvalue weighted by Crippen LogP contribution is -1.95. The summed E-state index contributed by atoms with van der Waals surface area (Å²) in [6.07, 6.45) is 0. The van der Waals surface area contributed by atoms with E-state index >= 15 is 0 Å². The Balaban J connectivity index is 3.09. The molecule has 2 nitrogen and oxygen atoms in total. The highest BCUT2D eigenvalue weighted by molar-refractivity contribution is 7.73. The number of aromatic amines is 1. The largest absolute Gasteiger partial charge is 0.337 e. The van der Waals surface area contributed by atoms with Crippen LogP contribution in [-0.2, 0) is 0 Å². The molecule has 0 aliphatic heterocycles. The lowest BCUT2D eigenvalue weighted by Gasteiger charge is -1.92. The average Bonchev–Trinajstić information content (AvgIpc) is 2.04. The van der Waals surface area contributed by atoms with E-state index in [-0.39, 0.29) is 4.74 Å². The van der Waals surface area contributed by atoms with Crippen LogP contribution in [0.25, 0.3) is 10.9 Å². The first-order valence-electron chi connectivity index (χ1n) is 3.39. The second-order valence-corrected chi connectivity index (χ2v) is 4.00. The number of fused-ring (bicyclic) bond motifs is 1. The van der Waals surface area contributed by atoms with Crippen LogP contribution in [0.4, 0.5) is 0 Å². The number of hydrogen-bond donors (Lipinski definition) is 1. The molecule has 1 N–H and O–H groups in total. The van der Waals surface area contributed by atoms with E-state index in [4.69, 9.17) is 12.2 Å². The molecule has 0 amide bonds. The second kappa shape index (κ2) is 2.80. The lowest BCUT2D eigenvalue weighted by atomic mass is 10.3. The highest BCUT2D eigenvalue weighted by atomic mass is 32.1. The molecule has 0 radical (unpaired) electrons. The van der Waals surface area contributed by atoms with Crippen molar-refractivity contribution in [2.75, 3.05) is 0 Å². The maximum absolute atomic E-state index is 11.3. The lowest BCUT2D eigenvalue weighted by molar-refractivity contribution is 1.44. The van der Waals surface area contributed by atoms with E-state index in [0.717, 1.165) is 16.9 Å². The van der Waals surface area contributed by atoms with Crippen molar-refractivity contribution in [2.24, 2.45) is 0 Å². The number of aromatic nitrogens is 1. The van der Waals surface area contributed by atoms with Crippen molar-refractivity contribution in [3.63, 3.8) is 0 Å². The second-order valence-electron chi connectivity index (χ2n) is 2.35. The fourth-order valence-corrected chi connectivity index (χ4v) is 2.00. The molecule has 1 aromatic heterocycles. The summed E-state index contributed by atoms with van der Waals surface area (Å²) in [5.74, 6) is 0. The zero-order chi connectivity index (χ0) is 8.55. The number of benzene rings is 1. The smallest absolute Gasteiger partial charge is 0.244 e. The Bertz CT molecular complexity index is 526. The van der Waals surface area contributed by atoms with Gasteiger partial charge in [0.1, 0.15) is 0 Å². The van der Waals surface area contributed by atoms with Gasteiger partial charge in [-0.3, -0.25) is 4.79 Å².